The highest BCUT2D eigenvalue weighted by atomic mass is 35.5. The number of hydrogen-bond acceptors (Lipinski definition) is 3. The molecule has 0 spiro atoms. The maximum atomic E-state index is 11.5. The molecular formula is C12H12ClN3O. The Labute approximate surface area is 105 Å². The van der Waals surface area contributed by atoms with Gasteiger partial charge in [0.15, 0.2) is 0 Å². The molecule has 17 heavy (non-hydrogen) atoms. The number of amides is 1. The molecule has 5 heteroatoms. The van der Waals surface area contributed by atoms with E-state index in [1.54, 1.807) is 18.2 Å². The van der Waals surface area contributed by atoms with Gasteiger partial charge in [-0.25, -0.2) is 0 Å². The third-order valence-electron chi connectivity index (χ3n) is 2.48. The van der Waals surface area contributed by atoms with Gasteiger partial charge in [-0.05, 0) is 31.0 Å². The standard InChI is InChI=1S/C12H12ClN3O/c13-9-1-4-11(8(5-9)6-14)15-7-12(17)16-10-2-3-10/h1,4-5,10,15H,2-3,7H2,(H,16,17). The minimum atomic E-state index is -0.0497. The predicted molar refractivity (Wildman–Crippen MR) is 65.8 cm³/mol. The first-order valence-electron chi connectivity index (χ1n) is 5.42. The van der Waals surface area contributed by atoms with Crippen LogP contribution in [0.2, 0.25) is 5.02 Å². The molecule has 0 aliphatic heterocycles. The molecule has 1 amide bonds. The van der Waals surface area contributed by atoms with Gasteiger partial charge in [0.2, 0.25) is 5.91 Å². The Morgan fingerprint density at radius 3 is 2.94 bits per heavy atom. The van der Waals surface area contributed by atoms with Gasteiger partial charge in [-0.15, -0.1) is 0 Å². The quantitative estimate of drug-likeness (QED) is 0.857. The Bertz CT molecular complexity index is 477. The average molecular weight is 250 g/mol. The van der Waals surface area contributed by atoms with Gasteiger partial charge in [0, 0.05) is 11.1 Å². The fraction of sp³-hybridized carbons (Fsp3) is 0.333. The second kappa shape index (κ2) is 5.07. The Kier molecular flexibility index (Phi) is 3.50. The van der Waals surface area contributed by atoms with Gasteiger partial charge in [-0.2, -0.15) is 5.26 Å². The predicted octanol–water partition coefficient (Wildman–Crippen LogP) is 1.90. The third-order valence-corrected chi connectivity index (χ3v) is 2.72. The molecule has 0 heterocycles. The summed E-state index contributed by atoms with van der Waals surface area (Å²) in [5.74, 6) is -0.0497. The van der Waals surface area contributed by atoms with Crippen LogP contribution in [0, 0.1) is 11.3 Å². The van der Waals surface area contributed by atoms with E-state index >= 15 is 0 Å². The lowest BCUT2D eigenvalue weighted by Crippen LogP contribution is -2.31. The van der Waals surface area contributed by atoms with Crippen LogP contribution < -0.4 is 10.6 Å². The van der Waals surface area contributed by atoms with Crippen LogP contribution in [0.4, 0.5) is 5.69 Å². The smallest absolute Gasteiger partial charge is 0.239 e. The lowest BCUT2D eigenvalue weighted by molar-refractivity contribution is -0.119. The molecule has 1 fully saturated rings. The van der Waals surface area contributed by atoms with Crippen LogP contribution in [-0.2, 0) is 4.79 Å². The molecule has 0 bridgehead atoms. The van der Waals surface area contributed by atoms with E-state index < -0.39 is 0 Å². The summed E-state index contributed by atoms with van der Waals surface area (Å²) in [4.78, 5) is 11.5. The van der Waals surface area contributed by atoms with Crippen LogP contribution in [0.25, 0.3) is 0 Å². The van der Waals surface area contributed by atoms with Crippen molar-refractivity contribution in [2.24, 2.45) is 0 Å². The van der Waals surface area contributed by atoms with E-state index in [4.69, 9.17) is 16.9 Å². The van der Waals surface area contributed by atoms with Gasteiger partial charge in [-0.1, -0.05) is 11.6 Å². The number of rotatable bonds is 4. The number of anilines is 1. The van der Waals surface area contributed by atoms with E-state index in [1.807, 2.05) is 6.07 Å². The van der Waals surface area contributed by atoms with Crippen LogP contribution in [0.5, 0.6) is 0 Å². The number of halogens is 1. The van der Waals surface area contributed by atoms with Gasteiger partial charge in [0.05, 0.1) is 17.8 Å². The molecule has 1 aromatic carbocycles. The van der Waals surface area contributed by atoms with Crippen LogP contribution >= 0.6 is 11.6 Å². The van der Waals surface area contributed by atoms with Crippen molar-refractivity contribution in [2.75, 3.05) is 11.9 Å². The number of nitrogens with zero attached hydrogens (tertiary/aromatic N) is 1. The summed E-state index contributed by atoms with van der Waals surface area (Å²) < 4.78 is 0. The largest absolute Gasteiger partial charge is 0.375 e. The molecule has 88 valence electrons. The summed E-state index contributed by atoms with van der Waals surface area (Å²) in [5.41, 5.74) is 1.07. The van der Waals surface area contributed by atoms with E-state index in [2.05, 4.69) is 10.6 Å². The summed E-state index contributed by atoms with van der Waals surface area (Å²) in [6, 6.07) is 7.34. The van der Waals surface area contributed by atoms with Gasteiger partial charge in [-0.3, -0.25) is 4.79 Å². The maximum Gasteiger partial charge on any atom is 0.239 e. The van der Waals surface area contributed by atoms with Crippen LogP contribution in [0.3, 0.4) is 0 Å². The van der Waals surface area contributed by atoms with Crippen molar-refractivity contribution in [3.8, 4) is 6.07 Å². The highest BCUT2D eigenvalue weighted by Crippen LogP contribution is 2.20. The molecule has 2 N–H and O–H groups in total. The summed E-state index contributed by atoms with van der Waals surface area (Å²) in [6.45, 7) is 0.173. The second-order valence-corrected chi connectivity index (χ2v) is 4.43. The van der Waals surface area contributed by atoms with Crippen LogP contribution in [-0.4, -0.2) is 18.5 Å². The van der Waals surface area contributed by atoms with Crippen molar-refractivity contribution in [2.45, 2.75) is 18.9 Å². The van der Waals surface area contributed by atoms with E-state index in [1.165, 1.54) is 0 Å². The van der Waals surface area contributed by atoms with Crippen molar-refractivity contribution in [1.82, 2.24) is 5.32 Å². The number of nitriles is 1. The molecule has 0 atom stereocenters. The van der Waals surface area contributed by atoms with Gasteiger partial charge >= 0.3 is 0 Å². The molecule has 4 nitrogen and oxygen atoms in total. The van der Waals surface area contributed by atoms with E-state index in [-0.39, 0.29) is 12.5 Å². The Balaban J connectivity index is 1.93. The zero-order chi connectivity index (χ0) is 12.3. The monoisotopic (exact) mass is 249 g/mol. The summed E-state index contributed by atoms with van der Waals surface area (Å²) in [5, 5.41) is 15.2. The zero-order valence-electron chi connectivity index (χ0n) is 9.16. The van der Waals surface area contributed by atoms with Gasteiger partial charge < -0.3 is 10.6 Å². The molecule has 1 aliphatic rings. The number of nitrogens with one attached hydrogen (secondary N) is 2. The van der Waals surface area contributed by atoms with Crippen molar-refractivity contribution in [3.05, 3.63) is 28.8 Å². The number of carbonyl (C=O) groups excluding carboxylic acids is 1. The average Bonchev–Trinajstić information content (AvgIpc) is 3.11. The van der Waals surface area contributed by atoms with Crippen LogP contribution in [0.15, 0.2) is 18.2 Å². The maximum absolute atomic E-state index is 11.5. The van der Waals surface area contributed by atoms with Gasteiger partial charge in [0.25, 0.3) is 0 Å². The van der Waals surface area contributed by atoms with Crippen LogP contribution in [0.1, 0.15) is 18.4 Å². The van der Waals surface area contributed by atoms with Crippen molar-refractivity contribution in [3.63, 3.8) is 0 Å². The SMILES string of the molecule is N#Cc1cc(Cl)ccc1NCC(=O)NC1CC1. The highest BCUT2D eigenvalue weighted by Gasteiger charge is 2.22. The molecule has 1 aromatic rings. The van der Waals surface area contributed by atoms with E-state index in [9.17, 15) is 4.79 Å². The molecule has 0 unspecified atom stereocenters. The topological polar surface area (TPSA) is 64.9 Å². The lowest BCUT2D eigenvalue weighted by Gasteiger charge is -2.08. The second-order valence-electron chi connectivity index (χ2n) is 4.00. The first-order chi connectivity index (χ1) is 8.19. The Morgan fingerprint density at radius 2 is 2.29 bits per heavy atom. The van der Waals surface area contributed by atoms with Crippen molar-refractivity contribution < 1.29 is 4.79 Å². The zero-order valence-corrected chi connectivity index (χ0v) is 9.92. The molecule has 1 aliphatic carbocycles. The highest BCUT2D eigenvalue weighted by molar-refractivity contribution is 6.30. The van der Waals surface area contributed by atoms with Crippen molar-refractivity contribution in [1.29, 1.82) is 5.26 Å². The van der Waals surface area contributed by atoms with Crippen molar-refractivity contribution >= 4 is 23.2 Å². The Morgan fingerprint density at radius 1 is 1.53 bits per heavy atom. The minimum Gasteiger partial charge on any atom is -0.375 e. The summed E-state index contributed by atoms with van der Waals surface area (Å²) in [6.07, 6.45) is 2.13. The molecule has 0 saturated heterocycles. The van der Waals surface area contributed by atoms with E-state index in [0.29, 0.717) is 22.3 Å². The van der Waals surface area contributed by atoms with Gasteiger partial charge in [0.1, 0.15) is 6.07 Å². The minimum absolute atomic E-state index is 0.0497. The number of benzene rings is 1. The first-order valence-corrected chi connectivity index (χ1v) is 5.79. The molecular weight excluding hydrogens is 238 g/mol. The summed E-state index contributed by atoms with van der Waals surface area (Å²) >= 11 is 5.78. The molecule has 0 aromatic heterocycles. The molecule has 1 saturated carbocycles. The lowest BCUT2D eigenvalue weighted by atomic mass is 10.2. The third kappa shape index (κ3) is 3.36. The first kappa shape index (κ1) is 11.7. The number of carbonyl (C=O) groups is 1. The summed E-state index contributed by atoms with van der Waals surface area (Å²) in [7, 11) is 0. The normalized spacial score (nSPS) is 13.9. The molecule has 0 radical (unpaired) electrons. The molecule has 2 rings (SSSR count). The van der Waals surface area contributed by atoms with E-state index in [0.717, 1.165) is 12.8 Å². The fourth-order valence-corrected chi connectivity index (χ4v) is 1.62. The Hall–Kier alpha value is -1.73. The number of hydrogen-bond donors (Lipinski definition) is 2. The fourth-order valence-electron chi connectivity index (χ4n) is 1.45.